The Bertz CT molecular complexity index is 1060. The van der Waals surface area contributed by atoms with Gasteiger partial charge in [-0.05, 0) is 48.6 Å². The van der Waals surface area contributed by atoms with Crippen molar-refractivity contribution >= 4 is 23.4 Å². The quantitative estimate of drug-likeness (QED) is 0.402. The van der Waals surface area contributed by atoms with Gasteiger partial charge in [0.15, 0.2) is 0 Å². The maximum atomic E-state index is 13.4. The zero-order chi connectivity index (χ0) is 26.3. The highest BCUT2D eigenvalue weighted by Gasteiger charge is 2.42. The van der Waals surface area contributed by atoms with Gasteiger partial charge in [0.1, 0.15) is 18.0 Å². The summed E-state index contributed by atoms with van der Waals surface area (Å²) in [6, 6.07) is 15.4. The number of hydrogen-bond donors (Lipinski definition) is 0. The van der Waals surface area contributed by atoms with E-state index >= 15 is 0 Å². The molecule has 0 spiro atoms. The second-order valence-corrected chi connectivity index (χ2v) is 11.1. The minimum atomic E-state index is -0.920. The molecule has 1 heterocycles. The third-order valence-corrected chi connectivity index (χ3v) is 8.06. The molecule has 1 aliphatic carbocycles. The molecular formula is C30H39ClN2O4. The van der Waals surface area contributed by atoms with Gasteiger partial charge in [-0.25, -0.2) is 0 Å². The molecule has 2 aliphatic rings. The Balaban J connectivity index is 1.45. The van der Waals surface area contributed by atoms with Gasteiger partial charge < -0.3 is 19.3 Å². The lowest BCUT2D eigenvalue weighted by Crippen LogP contribution is -2.58. The summed E-state index contributed by atoms with van der Waals surface area (Å²) in [5.41, 5.74) is 1.06. The standard InChI is InChI=1S/C30H39ClN2O4/c1-23-18-26(13-14-27(23)31)36-22-30(19-29(35)32(2)20-25-10-4-3-5-11-25)21-33(16-17-37-30)28(34)15-12-24-8-6-7-9-24/h3-5,10-11,13-14,18,24H,6-9,12,15-17,19-22H2,1-2H3/t30-/m1/s1. The zero-order valence-electron chi connectivity index (χ0n) is 22.1. The molecule has 1 saturated carbocycles. The average molecular weight is 527 g/mol. The van der Waals surface area contributed by atoms with Crippen LogP contribution in [-0.4, -0.2) is 60.6 Å². The van der Waals surface area contributed by atoms with Crippen molar-refractivity contribution in [2.24, 2.45) is 5.92 Å². The fourth-order valence-corrected chi connectivity index (χ4v) is 5.48. The third kappa shape index (κ3) is 7.71. The van der Waals surface area contributed by atoms with Gasteiger partial charge in [0, 0.05) is 31.6 Å². The van der Waals surface area contributed by atoms with Crippen LogP contribution in [-0.2, 0) is 20.9 Å². The van der Waals surface area contributed by atoms with Crippen LogP contribution in [0.3, 0.4) is 0 Å². The third-order valence-electron chi connectivity index (χ3n) is 7.64. The molecule has 37 heavy (non-hydrogen) atoms. The second kappa shape index (κ2) is 12.8. The highest BCUT2D eigenvalue weighted by Crippen LogP contribution is 2.30. The maximum Gasteiger partial charge on any atom is 0.225 e. The van der Waals surface area contributed by atoms with Crippen LogP contribution < -0.4 is 4.74 Å². The number of carbonyl (C=O) groups excluding carboxylic acids is 2. The molecule has 2 fully saturated rings. The van der Waals surface area contributed by atoms with E-state index in [4.69, 9.17) is 21.1 Å². The summed E-state index contributed by atoms with van der Waals surface area (Å²) in [7, 11) is 1.81. The molecule has 6 nitrogen and oxygen atoms in total. The summed E-state index contributed by atoms with van der Waals surface area (Å²) in [5, 5.41) is 0.674. The first kappa shape index (κ1) is 27.5. The molecule has 1 aliphatic heterocycles. The molecule has 0 N–H and O–H groups in total. The number of benzene rings is 2. The SMILES string of the molecule is Cc1cc(OC[C@@]2(CC(=O)N(C)Cc3ccccc3)CN(C(=O)CCC3CCCC3)CCO2)ccc1Cl. The molecule has 1 atom stereocenters. The number of morpholine rings is 1. The summed E-state index contributed by atoms with van der Waals surface area (Å²) in [4.78, 5) is 30.1. The smallest absolute Gasteiger partial charge is 0.225 e. The number of ether oxygens (including phenoxy) is 2. The first-order valence-electron chi connectivity index (χ1n) is 13.4. The Morgan fingerprint density at radius 3 is 2.65 bits per heavy atom. The minimum absolute atomic E-state index is 0.0417. The summed E-state index contributed by atoms with van der Waals surface area (Å²) in [6.07, 6.45) is 6.66. The number of aryl methyl sites for hydroxylation is 1. The Kier molecular flexibility index (Phi) is 9.49. The molecular weight excluding hydrogens is 488 g/mol. The number of carbonyl (C=O) groups is 2. The monoisotopic (exact) mass is 526 g/mol. The van der Waals surface area contributed by atoms with E-state index in [1.165, 1.54) is 25.7 Å². The lowest BCUT2D eigenvalue weighted by molar-refractivity contribution is -0.165. The minimum Gasteiger partial charge on any atom is -0.490 e. The van der Waals surface area contributed by atoms with Crippen molar-refractivity contribution < 1.29 is 19.1 Å². The number of hydrogen-bond acceptors (Lipinski definition) is 4. The average Bonchev–Trinajstić information content (AvgIpc) is 3.42. The van der Waals surface area contributed by atoms with Gasteiger partial charge in [-0.1, -0.05) is 67.6 Å². The molecule has 0 unspecified atom stereocenters. The fraction of sp³-hybridized carbons (Fsp3) is 0.533. The van der Waals surface area contributed by atoms with Crippen molar-refractivity contribution in [2.45, 2.75) is 64.0 Å². The first-order chi connectivity index (χ1) is 17.8. The Morgan fingerprint density at radius 2 is 1.92 bits per heavy atom. The summed E-state index contributed by atoms with van der Waals surface area (Å²) >= 11 is 6.18. The van der Waals surface area contributed by atoms with Gasteiger partial charge >= 0.3 is 0 Å². The number of nitrogens with zero attached hydrogens (tertiary/aromatic N) is 2. The van der Waals surface area contributed by atoms with Crippen molar-refractivity contribution in [3.05, 3.63) is 64.7 Å². The predicted molar refractivity (Wildman–Crippen MR) is 146 cm³/mol. The summed E-state index contributed by atoms with van der Waals surface area (Å²) < 4.78 is 12.4. The van der Waals surface area contributed by atoms with Crippen LogP contribution in [0.1, 0.15) is 56.1 Å². The van der Waals surface area contributed by atoms with Gasteiger partial charge in [-0.2, -0.15) is 0 Å². The van der Waals surface area contributed by atoms with Crippen LogP contribution in [0.5, 0.6) is 5.75 Å². The van der Waals surface area contributed by atoms with Crippen LogP contribution in [0, 0.1) is 12.8 Å². The Hall–Kier alpha value is -2.57. The van der Waals surface area contributed by atoms with E-state index in [1.807, 2.05) is 54.3 Å². The van der Waals surface area contributed by atoms with E-state index in [-0.39, 0.29) is 24.8 Å². The normalized spacial score (nSPS) is 20.1. The molecule has 2 amide bonds. The van der Waals surface area contributed by atoms with Gasteiger partial charge in [-0.3, -0.25) is 9.59 Å². The van der Waals surface area contributed by atoms with E-state index in [0.29, 0.717) is 49.4 Å². The Labute approximate surface area is 225 Å². The lowest BCUT2D eigenvalue weighted by Gasteiger charge is -2.42. The van der Waals surface area contributed by atoms with Crippen LogP contribution in [0.25, 0.3) is 0 Å². The van der Waals surface area contributed by atoms with Crippen LogP contribution in [0.15, 0.2) is 48.5 Å². The van der Waals surface area contributed by atoms with Crippen LogP contribution >= 0.6 is 11.6 Å². The van der Waals surface area contributed by atoms with Crippen molar-refractivity contribution in [1.29, 1.82) is 0 Å². The highest BCUT2D eigenvalue weighted by atomic mass is 35.5. The first-order valence-corrected chi connectivity index (χ1v) is 13.8. The molecule has 2 aromatic rings. The lowest BCUT2D eigenvalue weighted by atomic mass is 9.95. The maximum absolute atomic E-state index is 13.4. The van der Waals surface area contributed by atoms with Crippen molar-refractivity contribution in [1.82, 2.24) is 9.80 Å². The summed E-state index contributed by atoms with van der Waals surface area (Å²) in [6.45, 7) is 3.87. The second-order valence-electron chi connectivity index (χ2n) is 10.6. The zero-order valence-corrected chi connectivity index (χ0v) is 22.8. The molecule has 7 heteroatoms. The van der Waals surface area contributed by atoms with E-state index in [9.17, 15) is 9.59 Å². The van der Waals surface area contributed by atoms with Crippen LogP contribution in [0.2, 0.25) is 5.02 Å². The van der Waals surface area contributed by atoms with E-state index in [0.717, 1.165) is 17.5 Å². The highest BCUT2D eigenvalue weighted by molar-refractivity contribution is 6.31. The van der Waals surface area contributed by atoms with E-state index < -0.39 is 5.60 Å². The van der Waals surface area contributed by atoms with Crippen molar-refractivity contribution in [2.75, 3.05) is 33.4 Å². The van der Waals surface area contributed by atoms with E-state index in [1.54, 1.807) is 18.0 Å². The molecule has 0 bridgehead atoms. The predicted octanol–water partition coefficient (Wildman–Crippen LogP) is 5.64. The number of amides is 2. The van der Waals surface area contributed by atoms with Crippen molar-refractivity contribution in [3.8, 4) is 5.75 Å². The summed E-state index contributed by atoms with van der Waals surface area (Å²) in [5.74, 6) is 1.44. The number of halogens is 1. The Morgan fingerprint density at radius 1 is 1.16 bits per heavy atom. The van der Waals surface area contributed by atoms with Gasteiger partial charge in [0.2, 0.25) is 11.8 Å². The van der Waals surface area contributed by atoms with E-state index in [2.05, 4.69) is 0 Å². The molecule has 2 aromatic carbocycles. The fourth-order valence-electron chi connectivity index (χ4n) is 5.37. The molecule has 0 aromatic heterocycles. The molecule has 4 rings (SSSR count). The number of rotatable bonds is 10. The molecule has 200 valence electrons. The van der Waals surface area contributed by atoms with Crippen LogP contribution in [0.4, 0.5) is 0 Å². The molecule has 1 saturated heterocycles. The van der Waals surface area contributed by atoms with Gasteiger partial charge in [0.25, 0.3) is 0 Å². The van der Waals surface area contributed by atoms with Gasteiger partial charge in [0.05, 0.1) is 19.6 Å². The van der Waals surface area contributed by atoms with Crippen molar-refractivity contribution in [3.63, 3.8) is 0 Å². The van der Waals surface area contributed by atoms with Gasteiger partial charge in [-0.15, -0.1) is 0 Å². The largest absolute Gasteiger partial charge is 0.490 e. The molecule has 0 radical (unpaired) electrons. The topological polar surface area (TPSA) is 59.1 Å².